The Balaban J connectivity index is 3.96. The van der Waals surface area contributed by atoms with Gasteiger partial charge in [0.15, 0.2) is 0 Å². The summed E-state index contributed by atoms with van der Waals surface area (Å²) in [5, 5.41) is 0. The Morgan fingerprint density at radius 1 is 1.04 bits per heavy atom. The molecule has 0 fully saturated rings. The quantitative estimate of drug-likeness (QED) is 0.258. The van der Waals surface area contributed by atoms with E-state index in [1.165, 1.54) is 25.7 Å². The summed E-state index contributed by atoms with van der Waals surface area (Å²) in [7, 11) is -3.20. The topological polar surface area (TPSA) is 63.7 Å². The predicted octanol–water partition coefficient (Wildman–Crippen LogP) is 3.51. The van der Waals surface area contributed by atoms with Crippen LogP contribution in [0.2, 0.25) is 0 Å². The lowest BCUT2D eigenvalue weighted by atomic mass is 10.1. The Morgan fingerprint density at radius 3 is 2.30 bits per heavy atom. The van der Waals surface area contributed by atoms with E-state index in [0.717, 1.165) is 18.9 Å². The van der Waals surface area contributed by atoms with Crippen LogP contribution in [0.15, 0.2) is 12.7 Å². The fraction of sp³-hybridized carbons (Fsp3) is 0.824. The molecular weight excluding hydrogens is 314 g/mol. The molecule has 0 atom stereocenters. The summed E-state index contributed by atoms with van der Waals surface area (Å²) in [4.78, 5) is 10.9. The standard InChI is InChI=1S/C17H33NO4S/c1-4-7-8-9-10-11-14-18(6-3)23(20,21)16-13-12-15-22-17(19)5-2/h5H,2,4,6-16H2,1,3H3. The number of hydrogen-bond acceptors (Lipinski definition) is 4. The molecule has 0 aliphatic carbocycles. The molecule has 0 aromatic rings. The highest BCUT2D eigenvalue weighted by molar-refractivity contribution is 7.89. The molecule has 0 spiro atoms. The number of unbranched alkanes of at least 4 members (excludes halogenated alkanes) is 6. The monoisotopic (exact) mass is 347 g/mol. The van der Waals surface area contributed by atoms with Crippen molar-refractivity contribution in [2.45, 2.75) is 65.2 Å². The van der Waals surface area contributed by atoms with Crippen LogP contribution in [0.4, 0.5) is 0 Å². The second-order valence-corrected chi connectivity index (χ2v) is 7.74. The molecule has 6 heteroatoms. The van der Waals surface area contributed by atoms with Gasteiger partial charge in [-0.25, -0.2) is 17.5 Å². The number of nitrogens with zero attached hydrogens (tertiary/aromatic N) is 1. The van der Waals surface area contributed by atoms with E-state index in [9.17, 15) is 13.2 Å². The van der Waals surface area contributed by atoms with Gasteiger partial charge in [0.2, 0.25) is 10.0 Å². The third-order valence-corrected chi connectivity index (χ3v) is 5.75. The molecule has 0 saturated carbocycles. The van der Waals surface area contributed by atoms with Crippen LogP contribution in [0.1, 0.15) is 65.2 Å². The van der Waals surface area contributed by atoms with Crippen molar-refractivity contribution in [2.75, 3.05) is 25.4 Å². The molecule has 136 valence electrons. The van der Waals surface area contributed by atoms with Crippen molar-refractivity contribution in [3.8, 4) is 0 Å². The Hall–Kier alpha value is -0.880. The molecule has 0 aliphatic heterocycles. The minimum Gasteiger partial charge on any atom is -0.463 e. The normalized spacial score (nSPS) is 11.6. The second-order valence-electron chi connectivity index (χ2n) is 5.65. The molecule has 0 unspecified atom stereocenters. The fourth-order valence-corrected chi connectivity index (χ4v) is 3.94. The maximum Gasteiger partial charge on any atom is 0.330 e. The Labute approximate surface area is 142 Å². The van der Waals surface area contributed by atoms with Gasteiger partial charge in [-0.3, -0.25) is 0 Å². The summed E-state index contributed by atoms with van der Waals surface area (Å²) in [6, 6.07) is 0. The molecule has 0 bridgehead atoms. The SMILES string of the molecule is C=CC(=O)OCCCCS(=O)(=O)N(CC)CCCCCCCC. The largest absolute Gasteiger partial charge is 0.463 e. The highest BCUT2D eigenvalue weighted by atomic mass is 32.2. The summed E-state index contributed by atoms with van der Waals surface area (Å²) in [5.74, 6) is -0.353. The maximum atomic E-state index is 12.3. The van der Waals surface area contributed by atoms with E-state index in [1.54, 1.807) is 4.31 Å². The minimum absolute atomic E-state index is 0.113. The van der Waals surface area contributed by atoms with Crippen LogP contribution in [0, 0.1) is 0 Å². The van der Waals surface area contributed by atoms with Crippen molar-refractivity contribution < 1.29 is 17.9 Å². The molecule has 0 radical (unpaired) electrons. The summed E-state index contributed by atoms with van der Waals surface area (Å²) in [6.45, 7) is 8.73. The zero-order chi connectivity index (χ0) is 17.6. The van der Waals surface area contributed by atoms with Crippen LogP contribution in [-0.2, 0) is 19.6 Å². The fourth-order valence-electron chi connectivity index (χ4n) is 2.31. The van der Waals surface area contributed by atoms with Crippen molar-refractivity contribution in [1.82, 2.24) is 4.31 Å². The molecule has 0 aliphatic rings. The summed E-state index contributed by atoms with van der Waals surface area (Å²) in [6.07, 6.45) is 9.06. The molecule has 0 amide bonds. The molecule has 0 heterocycles. The van der Waals surface area contributed by atoms with Gasteiger partial charge in [-0.1, -0.05) is 52.5 Å². The smallest absolute Gasteiger partial charge is 0.330 e. The van der Waals surface area contributed by atoms with Gasteiger partial charge in [-0.2, -0.15) is 0 Å². The summed E-state index contributed by atoms with van der Waals surface area (Å²) < 4.78 is 31.0. The van der Waals surface area contributed by atoms with Gasteiger partial charge in [0.1, 0.15) is 0 Å². The minimum atomic E-state index is -3.20. The Morgan fingerprint density at radius 2 is 1.70 bits per heavy atom. The lowest BCUT2D eigenvalue weighted by Gasteiger charge is -2.20. The Kier molecular flexibility index (Phi) is 13.0. The van der Waals surface area contributed by atoms with Crippen molar-refractivity contribution in [1.29, 1.82) is 0 Å². The first-order chi connectivity index (χ1) is 11.0. The van der Waals surface area contributed by atoms with Crippen molar-refractivity contribution in [3.05, 3.63) is 12.7 Å². The van der Waals surface area contributed by atoms with E-state index in [2.05, 4.69) is 13.5 Å². The molecule has 0 aromatic carbocycles. The zero-order valence-electron chi connectivity index (χ0n) is 14.8. The number of carbonyl (C=O) groups is 1. The van der Waals surface area contributed by atoms with Gasteiger partial charge in [-0.15, -0.1) is 0 Å². The zero-order valence-corrected chi connectivity index (χ0v) is 15.6. The lowest BCUT2D eigenvalue weighted by molar-refractivity contribution is -0.137. The lowest BCUT2D eigenvalue weighted by Crippen LogP contribution is -2.33. The highest BCUT2D eigenvalue weighted by Crippen LogP contribution is 2.10. The van der Waals surface area contributed by atoms with E-state index in [4.69, 9.17) is 4.74 Å². The van der Waals surface area contributed by atoms with Crippen LogP contribution < -0.4 is 0 Å². The number of carbonyl (C=O) groups excluding carboxylic acids is 1. The second kappa shape index (κ2) is 13.5. The third kappa shape index (κ3) is 11.3. The molecule has 5 nitrogen and oxygen atoms in total. The highest BCUT2D eigenvalue weighted by Gasteiger charge is 2.19. The predicted molar refractivity (Wildman–Crippen MR) is 94.8 cm³/mol. The van der Waals surface area contributed by atoms with Crippen molar-refractivity contribution in [2.24, 2.45) is 0 Å². The first kappa shape index (κ1) is 22.1. The molecule has 23 heavy (non-hydrogen) atoms. The molecular formula is C17H33NO4S. The van der Waals surface area contributed by atoms with Gasteiger partial charge < -0.3 is 4.74 Å². The molecule has 0 saturated heterocycles. The van der Waals surface area contributed by atoms with Crippen molar-refractivity contribution >= 4 is 16.0 Å². The van der Waals surface area contributed by atoms with Crippen LogP contribution in [0.25, 0.3) is 0 Å². The molecule has 0 aromatic heterocycles. The van der Waals surface area contributed by atoms with E-state index in [-0.39, 0.29) is 12.4 Å². The van der Waals surface area contributed by atoms with E-state index >= 15 is 0 Å². The van der Waals surface area contributed by atoms with E-state index in [0.29, 0.717) is 25.9 Å². The van der Waals surface area contributed by atoms with Gasteiger partial charge >= 0.3 is 5.97 Å². The first-order valence-electron chi connectivity index (χ1n) is 8.75. The molecule has 0 N–H and O–H groups in total. The van der Waals surface area contributed by atoms with Crippen molar-refractivity contribution in [3.63, 3.8) is 0 Å². The van der Waals surface area contributed by atoms with E-state index in [1.807, 2.05) is 6.92 Å². The summed E-state index contributed by atoms with van der Waals surface area (Å²) in [5.41, 5.74) is 0. The average Bonchev–Trinajstić information content (AvgIpc) is 2.53. The van der Waals surface area contributed by atoms with E-state index < -0.39 is 16.0 Å². The number of hydrogen-bond donors (Lipinski definition) is 0. The van der Waals surface area contributed by atoms with Crippen LogP contribution >= 0.6 is 0 Å². The number of ether oxygens (including phenoxy) is 1. The maximum absolute atomic E-state index is 12.3. The molecule has 0 rings (SSSR count). The van der Waals surface area contributed by atoms with Gasteiger partial charge in [0, 0.05) is 19.2 Å². The van der Waals surface area contributed by atoms with Gasteiger partial charge in [0.25, 0.3) is 0 Å². The number of sulfonamides is 1. The van der Waals surface area contributed by atoms with Crippen LogP contribution in [0.5, 0.6) is 0 Å². The third-order valence-electron chi connectivity index (χ3n) is 3.71. The number of esters is 1. The average molecular weight is 348 g/mol. The number of rotatable bonds is 15. The Bertz CT molecular complexity index is 420. The summed E-state index contributed by atoms with van der Waals surface area (Å²) >= 11 is 0. The first-order valence-corrected chi connectivity index (χ1v) is 10.4. The van der Waals surface area contributed by atoms with Gasteiger partial charge in [0.05, 0.1) is 12.4 Å². The van der Waals surface area contributed by atoms with Gasteiger partial charge in [-0.05, 0) is 19.3 Å². The van der Waals surface area contributed by atoms with Crippen LogP contribution in [-0.4, -0.2) is 44.1 Å². The van der Waals surface area contributed by atoms with Crippen LogP contribution in [0.3, 0.4) is 0 Å².